The Bertz CT molecular complexity index is 1430. The Morgan fingerprint density at radius 2 is 1.77 bits per heavy atom. The van der Waals surface area contributed by atoms with E-state index in [2.05, 4.69) is 5.32 Å². The van der Waals surface area contributed by atoms with E-state index in [1.807, 2.05) is 72.2 Å². The highest BCUT2D eigenvalue weighted by Gasteiger charge is 2.30. The SMILES string of the molecule is CC(NC(=O)C(C#N)=Cc1cn(Cc2cccc(C(F)(F)F)c2)c2ccccc12)c1ccccc1. The van der Waals surface area contributed by atoms with Crippen LogP contribution in [0.2, 0.25) is 0 Å². The lowest BCUT2D eigenvalue weighted by molar-refractivity contribution is -0.137. The molecule has 3 aromatic carbocycles. The number of rotatable bonds is 6. The van der Waals surface area contributed by atoms with E-state index in [1.165, 1.54) is 12.1 Å². The fourth-order valence-electron chi connectivity index (χ4n) is 3.97. The minimum absolute atomic E-state index is 0.0604. The van der Waals surface area contributed by atoms with Crippen molar-refractivity contribution in [2.75, 3.05) is 0 Å². The zero-order valence-corrected chi connectivity index (χ0v) is 18.9. The molecule has 0 aliphatic heterocycles. The van der Waals surface area contributed by atoms with Crippen molar-refractivity contribution in [2.24, 2.45) is 0 Å². The predicted molar refractivity (Wildman–Crippen MR) is 129 cm³/mol. The van der Waals surface area contributed by atoms with Gasteiger partial charge in [-0.05, 0) is 42.3 Å². The van der Waals surface area contributed by atoms with Crippen LogP contribution < -0.4 is 5.32 Å². The largest absolute Gasteiger partial charge is 0.416 e. The number of para-hydroxylation sites is 1. The van der Waals surface area contributed by atoms with Crippen molar-refractivity contribution in [2.45, 2.75) is 25.7 Å². The van der Waals surface area contributed by atoms with Crippen molar-refractivity contribution in [1.82, 2.24) is 9.88 Å². The van der Waals surface area contributed by atoms with Gasteiger partial charge in [-0.15, -0.1) is 0 Å². The van der Waals surface area contributed by atoms with Crippen LogP contribution in [-0.4, -0.2) is 10.5 Å². The summed E-state index contributed by atoms with van der Waals surface area (Å²) in [5, 5.41) is 13.3. The molecular formula is C28H22F3N3O. The van der Waals surface area contributed by atoms with E-state index < -0.39 is 17.6 Å². The Balaban J connectivity index is 1.64. The van der Waals surface area contributed by atoms with Crippen molar-refractivity contribution in [3.05, 3.63) is 113 Å². The molecule has 0 fully saturated rings. The van der Waals surface area contributed by atoms with Gasteiger partial charge in [0.05, 0.1) is 11.6 Å². The van der Waals surface area contributed by atoms with Gasteiger partial charge in [0.1, 0.15) is 11.6 Å². The first-order valence-corrected chi connectivity index (χ1v) is 11.0. The molecule has 1 N–H and O–H groups in total. The van der Waals surface area contributed by atoms with Crippen LogP contribution in [0.15, 0.2) is 90.6 Å². The van der Waals surface area contributed by atoms with E-state index in [-0.39, 0.29) is 18.2 Å². The molecule has 0 radical (unpaired) electrons. The molecule has 1 atom stereocenters. The van der Waals surface area contributed by atoms with Gasteiger partial charge >= 0.3 is 6.18 Å². The first kappa shape index (κ1) is 23.8. The molecule has 1 amide bonds. The summed E-state index contributed by atoms with van der Waals surface area (Å²) in [4.78, 5) is 12.8. The highest BCUT2D eigenvalue weighted by atomic mass is 19.4. The fraction of sp³-hybridized carbons (Fsp3) is 0.143. The van der Waals surface area contributed by atoms with Gasteiger partial charge in [0, 0.05) is 29.2 Å². The minimum Gasteiger partial charge on any atom is -0.345 e. The standard InChI is InChI=1S/C28H22F3N3O/c1-19(21-9-3-2-4-10-21)33-27(35)22(16-32)15-23-18-34(26-13-6-5-12-25(23)26)17-20-8-7-11-24(14-20)28(29,30)31/h2-15,18-19H,17H2,1H3,(H,33,35). The number of alkyl halides is 3. The van der Waals surface area contributed by atoms with Crippen LogP contribution in [0.4, 0.5) is 13.2 Å². The molecule has 1 heterocycles. The molecule has 176 valence electrons. The molecule has 35 heavy (non-hydrogen) atoms. The van der Waals surface area contributed by atoms with Gasteiger partial charge in [-0.1, -0.05) is 60.7 Å². The Morgan fingerprint density at radius 3 is 2.49 bits per heavy atom. The monoisotopic (exact) mass is 473 g/mol. The summed E-state index contributed by atoms with van der Waals surface area (Å²) < 4.78 is 41.2. The van der Waals surface area contributed by atoms with Gasteiger partial charge in [0.2, 0.25) is 0 Å². The third kappa shape index (κ3) is 5.44. The number of carbonyl (C=O) groups excluding carboxylic acids is 1. The molecule has 0 aliphatic carbocycles. The van der Waals surface area contributed by atoms with Crippen LogP contribution in [-0.2, 0) is 17.5 Å². The van der Waals surface area contributed by atoms with E-state index in [9.17, 15) is 23.2 Å². The fourth-order valence-corrected chi connectivity index (χ4v) is 3.97. The number of benzene rings is 3. The number of nitrogens with one attached hydrogen (secondary N) is 1. The number of hydrogen-bond donors (Lipinski definition) is 1. The first-order chi connectivity index (χ1) is 16.8. The summed E-state index contributed by atoms with van der Waals surface area (Å²) in [5.74, 6) is -0.501. The number of carbonyl (C=O) groups is 1. The van der Waals surface area contributed by atoms with Crippen LogP contribution in [0.1, 0.15) is 35.2 Å². The summed E-state index contributed by atoms with van der Waals surface area (Å²) in [5.41, 5.74) is 2.05. The molecule has 7 heteroatoms. The van der Waals surface area contributed by atoms with Crippen molar-refractivity contribution in [1.29, 1.82) is 5.26 Å². The summed E-state index contributed by atoms with van der Waals surface area (Å²) >= 11 is 0. The number of fused-ring (bicyclic) bond motifs is 1. The normalized spacial score (nSPS) is 12.8. The number of aromatic nitrogens is 1. The smallest absolute Gasteiger partial charge is 0.345 e. The van der Waals surface area contributed by atoms with Gasteiger partial charge in [-0.25, -0.2) is 0 Å². The Kier molecular flexibility index (Phi) is 6.74. The van der Waals surface area contributed by atoms with Crippen LogP contribution in [0.25, 0.3) is 17.0 Å². The summed E-state index contributed by atoms with van der Waals surface area (Å²) in [6, 6.07) is 23.6. The molecule has 0 saturated carbocycles. The molecule has 0 aliphatic rings. The summed E-state index contributed by atoms with van der Waals surface area (Å²) in [6.45, 7) is 2.04. The molecule has 1 unspecified atom stereocenters. The average molecular weight is 473 g/mol. The van der Waals surface area contributed by atoms with Gasteiger partial charge in [0.25, 0.3) is 5.91 Å². The minimum atomic E-state index is -4.42. The molecule has 0 saturated heterocycles. The maximum absolute atomic E-state index is 13.1. The van der Waals surface area contributed by atoms with Crippen LogP contribution in [0.3, 0.4) is 0 Å². The van der Waals surface area contributed by atoms with E-state index in [0.29, 0.717) is 11.1 Å². The zero-order valence-electron chi connectivity index (χ0n) is 18.9. The van der Waals surface area contributed by atoms with E-state index in [0.717, 1.165) is 28.6 Å². The first-order valence-electron chi connectivity index (χ1n) is 11.0. The molecule has 4 rings (SSSR count). The van der Waals surface area contributed by atoms with Crippen molar-refractivity contribution in [3.8, 4) is 6.07 Å². The van der Waals surface area contributed by atoms with Crippen LogP contribution >= 0.6 is 0 Å². The third-order valence-electron chi connectivity index (χ3n) is 5.74. The molecule has 0 bridgehead atoms. The topological polar surface area (TPSA) is 57.8 Å². The van der Waals surface area contributed by atoms with Crippen LogP contribution in [0.5, 0.6) is 0 Å². The number of nitriles is 1. The summed E-state index contributed by atoms with van der Waals surface area (Å²) in [6.07, 6.45) is -1.16. The molecule has 4 aromatic rings. The predicted octanol–water partition coefficient (Wildman–Crippen LogP) is 6.49. The molecular weight excluding hydrogens is 451 g/mol. The zero-order chi connectivity index (χ0) is 25.0. The maximum Gasteiger partial charge on any atom is 0.416 e. The van der Waals surface area contributed by atoms with Crippen molar-refractivity contribution in [3.63, 3.8) is 0 Å². The lowest BCUT2D eigenvalue weighted by Crippen LogP contribution is -2.27. The average Bonchev–Trinajstić information content (AvgIpc) is 3.19. The lowest BCUT2D eigenvalue weighted by atomic mass is 10.1. The number of hydrogen-bond acceptors (Lipinski definition) is 2. The van der Waals surface area contributed by atoms with Gasteiger partial charge in [-0.3, -0.25) is 4.79 Å². The van der Waals surface area contributed by atoms with Gasteiger partial charge in [0.15, 0.2) is 0 Å². The molecule has 4 nitrogen and oxygen atoms in total. The Morgan fingerprint density at radius 1 is 1.06 bits per heavy atom. The second kappa shape index (κ2) is 9.90. The van der Waals surface area contributed by atoms with E-state index in [4.69, 9.17) is 0 Å². The maximum atomic E-state index is 13.1. The van der Waals surface area contributed by atoms with E-state index in [1.54, 1.807) is 12.3 Å². The molecule has 1 aromatic heterocycles. The van der Waals surface area contributed by atoms with Crippen LogP contribution in [0, 0.1) is 11.3 Å². The third-order valence-corrected chi connectivity index (χ3v) is 5.74. The lowest BCUT2D eigenvalue weighted by Gasteiger charge is -2.13. The highest BCUT2D eigenvalue weighted by molar-refractivity contribution is 6.04. The second-order valence-electron chi connectivity index (χ2n) is 8.20. The van der Waals surface area contributed by atoms with Gasteiger partial charge < -0.3 is 9.88 Å². The van der Waals surface area contributed by atoms with Gasteiger partial charge in [-0.2, -0.15) is 18.4 Å². The Hall–Kier alpha value is -4.31. The van der Waals surface area contributed by atoms with Crippen molar-refractivity contribution < 1.29 is 18.0 Å². The van der Waals surface area contributed by atoms with E-state index >= 15 is 0 Å². The quantitative estimate of drug-likeness (QED) is 0.257. The highest BCUT2D eigenvalue weighted by Crippen LogP contribution is 2.30. The Labute approximate surface area is 200 Å². The molecule has 0 spiro atoms. The number of amides is 1. The summed E-state index contributed by atoms with van der Waals surface area (Å²) in [7, 11) is 0. The number of nitrogens with zero attached hydrogens (tertiary/aromatic N) is 2. The number of halogens is 3. The second-order valence-corrected chi connectivity index (χ2v) is 8.20. The van der Waals surface area contributed by atoms with Crippen molar-refractivity contribution >= 4 is 22.9 Å².